The second kappa shape index (κ2) is 46.4. The summed E-state index contributed by atoms with van der Waals surface area (Å²) in [6.07, 6.45) is 4.63. The largest absolute Gasteiger partial charge is 0.595 e. The van der Waals surface area contributed by atoms with Crippen molar-refractivity contribution >= 4 is 95.9 Å². The molecule has 4 N–H and O–H groups in total. The third kappa shape index (κ3) is 35.9. The van der Waals surface area contributed by atoms with E-state index in [0.29, 0.717) is 5.56 Å². The van der Waals surface area contributed by atoms with E-state index >= 15 is 0 Å². The number of hydrogen-bond acceptors (Lipinski definition) is 13. The van der Waals surface area contributed by atoms with Crippen LogP contribution in [0.5, 0.6) is 0 Å². The molecule has 0 spiro atoms. The van der Waals surface area contributed by atoms with Gasteiger partial charge in [0.15, 0.2) is 0 Å². The van der Waals surface area contributed by atoms with Crippen LogP contribution >= 0.6 is 35.3 Å². The number of nitrogens with one attached hydrogen (secondary N) is 4. The fourth-order valence-electron chi connectivity index (χ4n) is 3.01. The van der Waals surface area contributed by atoms with Gasteiger partial charge in [0.25, 0.3) is 5.91 Å². The molecule has 10 amide bonds. The minimum atomic E-state index is -0.640. The summed E-state index contributed by atoms with van der Waals surface area (Å²) < 4.78 is 23.2. The molecule has 0 aromatic heterocycles. The molecule has 0 bridgehead atoms. The first-order valence-corrected chi connectivity index (χ1v) is 18.3. The second-order valence-electron chi connectivity index (χ2n) is 8.68. The zero-order valence-corrected chi connectivity index (χ0v) is 42.2. The van der Waals surface area contributed by atoms with Crippen molar-refractivity contribution in [3.63, 3.8) is 0 Å². The van der Waals surface area contributed by atoms with Crippen molar-refractivity contribution in [2.75, 3.05) is 45.5 Å². The van der Waals surface area contributed by atoms with Gasteiger partial charge in [-0.3, -0.25) is 9.18 Å². The van der Waals surface area contributed by atoms with E-state index in [-0.39, 0.29) is 147 Å². The van der Waals surface area contributed by atoms with E-state index in [0.717, 1.165) is 23.5 Å². The summed E-state index contributed by atoms with van der Waals surface area (Å²) in [5.41, 5.74) is 0.566. The van der Waals surface area contributed by atoms with Crippen LogP contribution in [-0.4, -0.2) is 122 Å². The molecule has 25 heteroatoms. The monoisotopic (exact) mass is 1070 g/mol. The molecule has 3 saturated heterocycles. The number of hydrogen-bond donors (Lipinski definition) is 4. The smallest absolute Gasteiger partial charge is 0.251 e. The maximum Gasteiger partial charge on any atom is 0.251 e. The molecule has 3 fully saturated rings. The topological polar surface area (TPSA) is 261 Å². The number of carbonyl (C=O) groups excluding carboxylic acids is 10. The summed E-state index contributed by atoms with van der Waals surface area (Å²) >= 11 is 3.20. The van der Waals surface area contributed by atoms with Gasteiger partial charge in [0.1, 0.15) is 6.01 Å². The van der Waals surface area contributed by atoms with E-state index in [9.17, 15) is 42.3 Å². The van der Waals surface area contributed by atoms with Crippen LogP contribution in [0.15, 0.2) is 30.3 Å². The zero-order chi connectivity index (χ0) is 41.0. The summed E-state index contributed by atoms with van der Waals surface area (Å²) in [7, 11) is 4.52. The van der Waals surface area contributed by atoms with Gasteiger partial charge in [0.2, 0.25) is 0 Å². The van der Waals surface area contributed by atoms with E-state index in [1.54, 1.807) is 24.3 Å². The van der Waals surface area contributed by atoms with Crippen molar-refractivity contribution in [1.82, 2.24) is 21.3 Å². The van der Waals surface area contributed by atoms with Gasteiger partial charge in [-0.25, -0.2) is 4.39 Å². The van der Waals surface area contributed by atoms with Gasteiger partial charge in [-0.15, -0.1) is 35.3 Å². The average Bonchev–Trinajstić information content (AvgIpc) is 3.80. The SMILES string of the molecule is CC.CN[C-]=O.CN[C-]=O.CN[C-]=O.O=C1CC(SCC[18F])C(=O)[N-]1.O=C1CC(SCNC(=O)c2ccccc2)C(=O)[N-]1.O=C1CC(SC[18F])C(=O)[N-]1.[Y].[Y].[Y]. The first-order valence-electron chi connectivity index (χ1n) is 15.2. The molecule has 0 saturated carbocycles. The normalized spacial score (nSPS) is 16.4. The van der Waals surface area contributed by atoms with Crippen molar-refractivity contribution in [1.29, 1.82) is 0 Å². The van der Waals surface area contributed by atoms with Crippen LogP contribution < -0.4 is 21.3 Å². The van der Waals surface area contributed by atoms with E-state index in [4.69, 9.17) is 14.4 Å². The molecule has 3 aliphatic rings. The van der Waals surface area contributed by atoms with Crippen LogP contribution in [0.2, 0.25) is 0 Å². The maximum absolute atomic E-state index is 11.7. The Hall–Kier alpha value is -1.26. The van der Waals surface area contributed by atoms with E-state index in [2.05, 4.69) is 37.2 Å². The fourth-order valence-corrected chi connectivity index (χ4v) is 5.32. The molecule has 3 heterocycles. The van der Waals surface area contributed by atoms with Crippen LogP contribution in [0.3, 0.4) is 0 Å². The predicted molar refractivity (Wildman–Crippen MR) is 199 cm³/mol. The molecule has 4 rings (SSSR count). The van der Waals surface area contributed by atoms with E-state index in [1.807, 2.05) is 19.9 Å². The minimum absolute atomic E-state index is 0. The number of imide groups is 3. The first kappa shape index (κ1) is 66.5. The number of carbonyl (C=O) groups is 7. The van der Waals surface area contributed by atoms with Gasteiger partial charge >= 0.3 is 0 Å². The molecular weight excluding hydrogens is 1030 g/mol. The Morgan fingerprint density at radius 3 is 1.29 bits per heavy atom. The standard InChI is InChI=1S/C12H12N2O3S.C6H8FNO2S.C5H6FNO2S.3C2H4NO.C2H6.3Y/c15-10-6-9(12(17)14-10)18-7-13-11(16)8-4-2-1-3-5-8;7-1-2-11-4-3-5(9)8-6(4)10;6-2-10-3-1-4(8)7-5(3)9;3*1-3-2-4;1-2;;;/h1-5,9H,6-7H2,(H2,13,14,15,16,17);4H,1-3H2,(H,8,9,10);3H,1-2H2,(H,7,8,9);3*1H3,(H,3,4);1-2H3;;;/q;;;3*-1;;;;/p-3/i;7-1;6-1;;;;;;;. The Labute approximate surface area is 413 Å². The first-order chi connectivity index (χ1) is 25.4. The van der Waals surface area contributed by atoms with E-state index < -0.39 is 52.1 Å². The van der Waals surface area contributed by atoms with Gasteiger partial charge in [0.05, 0.1) is 63.7 Å². The van der Waals surface area contributed by atoms with Gasteiger partial charge in [-0.05, 0) is 33.3 Å². The molecule has 0 aliphatic carbocycles. The molecule has 3 unspecified atom stereocenters. The molecular formula is C31H41F2N7O10S3Y3-6. The number of nitrogens with zero attached hydrogens (tertiary/aromatic N) is 3. The van der Waals surface area contributed by atoms with E-state index in [1.165, 1.54) is 52.1 Å². The van der Waals surface area contributed by atoms with Crippen molar-refractivity contribution in [2.45, 2.75) is 48.9 Å². The number of halogens is 2. The Kier molecular flexibility index (Phi) is 55.2. The molecule has 3 atom stereocenters. The van der Waals surface area contributed by atoms with Gasteiger partial charge in [-0.2, -0.15) is 19.2 Å². The molecule has 1 aromatic carbocycles. The Bertz CT molecular complexity index is 1290. The van der Waals surface area contributed by atoms with Crippen molar-refractivity contribution in [3.05, 3.63) is 51.8 Å². The average molecular weight is 1070 g/mol. The third-order valence-electron chi connectivity index (χ3n) is 5.13. The van der Waals surface area contributed by atoms with Crippen LogP contribution in [0, 0.1) is 0 Å². The molecule has 1 aromatic rings. The van der Waals surface area contributed by atoms with Crippen LogP contribution in [0.4, 0.5) is 8.78 Å². The van der Waals surface area contributed by atoms with Gasteiger partial charge in [-0.1, -0.05) is 32.0 Å². The number of benzene rings is 1. The van der Waals surface area contributed by atoms with Crippen molar-refractivity contribution in [3.8, 4) is 0 Å². The number of alkyl halides is 2. The Morgan fingerprint density at radius 1 is 0.661 bits per heavy atom. The number of thioether (sulfide) groups is 3. The fraction of sp³-hybridized carbons (Fsp3) is 0.484. The maximum atomic E-state index is 11.7. The molecule has 3 aliphatic heterocycles. The van der Waals surface area contributed by atoms with Crippen LogP contribution in [0.25, 0.3) is 16.0 Å². The molecule has 56 heavy (non-hydrogen) atoms. The number of rotatable bonds is 12. The van der Waals surface area contributed by atoms with Crippen LogP contribution in [0.1, 0.15) is 43.5 Å². The quantitative estimate of drug-likeness (QED) is 0.101. The summed E-state index contributed by atoms with van der Waals surface area (Å²) in [6.45, 7) is 3.53. The zero-order valence-electron chi connectivity index (χ0n) is 31.2. The second-order valence-corrected chi connectivity index (χ2v) is 12.3. The predicted octanol–water partition coefficient (Wildman–Crippen LogP) is 1.88. The summed E-state index contributed by atoms with van der Waals surface area (Å²) in [5.74, 6) is -2.15. The summed E-state index contributed by atoms with van der Waals surface area (Å²) in [5, 5.41) is 17.3. The number of amides is 10. The Morgan fingerprint density at radius 2 is 1.00 bits per heavy atom. The Balaban J connectivity index is -0.000000144. The summed E-state index contributed by atoms with van der Waals surface area (Å²) in [6, 6.07) is 8.16. The van der Waals surface area contributed by atoms with Gasteiger partial charge in [0, 0.05) is 129 Å². The van der Waals surface area contributed by atoms with Crippen molar-refractivity contribution < 1.29 is 155 Å². The van der Waals surface area contributed by atoms with Crippen LogP contribution in [-0.2, 0) is 141 Å². The molecule has 3 radical (unpaired) electrons. The third-order valence-corrected chi connectivity index (χ3v) is 8.27. The molecule has 307 valence electrons. The molecule has 17 nitrogen and oxygen atoms in total. The van der Waals surface area contributed by atoms with Crippen molar-refractivity contribution in [2.24, 2.45) is 0 Å². The van der Waals surface area contributed by atoms with Gasteiger partial charge < -0.3 is 80.4 Å². The minimum Gasteiger partial charge on any atom is -0.595 e. The summed E-state index contributed by atoms with van der Waals surface area (Å²) in [4.78, 5) is 103.